The molecule has 104 valence electrons. The van der Waals surface area contributed by atoms with Gasteiger partial charge in [0, 0.05) is 23.2 Å². The first-order valence-electron chi connectivity index (χ1n) is 7.00. The van der Waals surface area contributed by atoms with Gasteiger partial charge in [0.25, 0.3) is 0 Å². The summed E-state index contributed by atoms with van der Waals surface area (Å²) < 4.78 is 0. The summed E-state index contributed by atoms with van der Waals surface area (Å²) in [5.74, 6) is 0.959. The maximum absolute atomic E-state index is 6.38. The summed E-state index contributed by atoms with van der Waals surface area (Å²) in [4.78, 5) is 1.16. The van der Waals surface area contributed by atoms with E-state index < -0.39 is 0 Å². The summed E-state index contributed by atoms with van der Waals surface area (Å²) >= 11 is 8.17. The second-order valence-corrected chi connectivity index (χ2v) is 6.62. The van der Waals surface area contributed by atoms with Gasteiger partial charge in [0.1, 0.15) is 0 Å². The molecule has 0 radical (unpaired) electrons. The Kier molecular flexibility index (Phi) is 4.66. The Morgan fingerprint density at radius 3 is 2.55 bits per heavy atom. The lowest BCUT2D eigenvalue weighted by atomic mass is 10.2. The first-order valence-corrected chi connectivity index (χ1v) is 8.36. The van der Waals surface area contributed by atoms with Gasteiger partial charge >= 0.3 is 0 Å². The van der Waals surface area contributed by atoms with Gasteiger partial charge in [-0.1, -0.05) is 48.0 Å². The minimum Gasteiger partial charge on any atom is -0.310 e. The Labute approximate surface area is 129 Å². The minimum absolute atomic E-state index is 0.737. The molecule has 1 N–H and O–H groups in total. The molecule has 0 atom stereocenters. The molecule has 1 saturated carbocycles. The maximum atomic E-state index is 6.38. The SMILES string of the molecule is Clc1cc(CNC2CC2)ccc1SCc1ccccc1. The van der Waals surface area contributed by atoms with Crippen LogP contribution in [0.4, 0.5) is 0 Å². The first-order chi connectivity index (χ1) is 9.81. The summed E-state index contributed by atoms with van der Waals surface area (Å²) in [6, 6.07) is 17.6. The fourth-order valence-corrected chi connectivity index (χ4v) is 3.30. The van der Waals surface area contributed by atoms with Crippen molar-refractivity contribution in [2.45, 2.75) is 36.1 Å². The van der Waals surface area contributed by atoms with E-state index in [2.05, 4.69) is 47.8 Å². The molecule has 20 heavy (non-hydrogen) atoms. The van der Waals surface area contributed by atoms with Gasteiger partial charge in [0.2, 0.25) is 0 Å². The highest BCUT2D eigenvalue weighted by atomic mass is 35.5. The molecular weight excluding hydrogens is 286 g/mol. The van der Waals surface area contributed by atoms with E-state index in [1.165, 1.54) is 24.0 Å². The molecule has 1 aliphatic rings. The molecule has 1 fully saturated rings. The normalized spacial score (nSPS) is 14.4. The highest BCUT2D eigenvalue weighted by molar-refractivity contribution is 7.98. The molecule has 0 amide bonds. The third-order valence-electron chi connectivity index (χ3n) is 3.41. The van der Waals surface area contributed by atoms with Gasteiger partial charge in [-0.25, -0.2) is 0 Å². The van der Waals surface area contributed by atoms with Crippen LogP contribution < -0.4 is 5.32 Å². The predicted molar refractivity (Wildman–Crippen MR) is 87.3 cm³/mol. The summed E-state index contributed by atoms with van der Waals surface area (Å²) in [7, 11) is 0. The van der Waals surface area contributed by atoms with Gasteiger partial charge in [-0.05, 0) is 36.1 Å². The van der Waals surface area contributed by atoms with Crippen molar-refractivity contribution in [2.24, 2.45) is 0 Å². The van der Waals surface area contributed by atoms with Crippen LogP contribution in [0.1, 0.15) is 24.0 Å². The van der Waals surface area contributed by atoms with Gasteiger partial charge in [-0.3, -0.25) is 0 Å². The van der Waals surface area contributed by atoms with Crippen molar-refractivity contribution in [3.05, 3.63) is 64.7 Å². The van der Waals surface area contributed by atoms with Crippen LogP contribution in [-0.4, -0.2) is 6.04 Å². The highest BCUT2D eigenvalue weighted by Gasteiger charge is 2.19. The lowest BCUT2D eigenvalue weighted by Gasteiger charge is -2.08. The molecule has 1 aliphatic carbocycles. The van der Waals surface area contributed by atoms with Crippen LogP contribution in [-0.2, 0) is 12.3 Å². The van der Waals surface area contributed by atoms with E-state index in [4.69, 9.17) is 11.6 Å². The van der Waals surface area contributed by atoms with Crippen molar-refractivity contribution in [3.8, 4) is 0 Å². The minimum atomic E-state index is 0.737. The molecule has 0 aromatic heterocycles. The molecule has 1 nitrogen and oxygen atoms in total. The average molecular weight is 304 g/mol. The standard InChI is InChI=1S/C17H18ClNS/c18-16-10-14(11-19-15-7-8-15)6-9-17(16)20-12-13-4-2-1-3-5-13/h1-6,9-10,15,19H,7-8,11-12H2. The van der Waals surface area contributed by atoms with E-state index in [0.717, 1.165) is 28.3 Å². The van der Waals surface area contributed by atoms with Gasteiger partial charge in [0.15, 0.2) is 0 Å². The summed E-state index contributed by atoms with van der Waals surface area (Å²) in [6.07, 6.45) is 2.64. The lowest BCUT2D eigenvalue weighted by molar-refractivity contribution is 0.687. The third-order valence-corrected chi connectivity index (χ3v) is 4.98. The van der Waals surface area contributed by atoms with Crippen molar-refractivity contribution in [1.82, 2.24) is 5.32 Å². The molecule has 0 bridgehead atoms. The molecule has 2 aromatic rings. The van der Waals surface area contributed by atoms with Gasteiger partial charge in [-0.2, -0.15) is 0 Å². The zero-order chi connectivity index (χ0) is 13.8. The highest BCUT2D eigenvalue weighted by Crippen LogP contribution is 2.30. The first kappa shape index (κ1) is 14.0. The zero-order valence-corrected chi connectivity index (χ0v) is 12.9. The Morgan fingerprint density at radius 1 is 1.05 bits per heavy atom. The van der Waals surface area contributed by atoms with Gasteiger partial charge in [0.05, 0.1) is 5.02 Å². The van der Waals surface area contributed by atoms with E-state index in [0.29, 0.717) is 0 Å². The van der Waals surface area contributed by atoms with Crippen LogP contribution >= 0.6 is 23.4 Å². The van der Waals surface area contributed by atoms with E-state index in [1.54, 1.807) is 11.8 Å². The second kappa shape index (κ2) is 6.66. The van der Waals surface area contributed by atoms with E-state index in [9.17, 15) is 0 Å². The molecule has 2 aromatic carbocycles. The van der Waals surface area contributed by atoms with Crippen LogP contribution in [0.2, 0.25) is 5.02 Å². The monoisotopic (exact) mass is 303 g/mol. The Hall–Kier alpha value is -0.960. The van der Waals surface area contributed by atoms with Gasteiger partial charge < -0.3 is 5.32 Å². The molecule has 3 heteroatoms. The topological polar surface area (TPSA) is 12.0 Å². The van der Waals surface area contributed by atoms with Crippen molar-refractivity contribution in [1.29, 1.82) is 0 Å². The van der Waals surface area contributed by atoms with Crippen LogP contribution in [0.5, 0.6) is 0 Å². The van der Waals surface area contributed by atoms with Crippen molar-refractivity contribution in [2.75, 3.05) is 0 Å². The number of halogens is 1. The van der Waals surface area contributed by atoms with Crippen molar-refractivity contribution >= 4 is 23.4 Å². The Balaban J connectivity index is 1.58. The van der Waals surface area contributed by atoms with E-state index in [1.807, 2.05) is 6.07 Å². The van der Waals surface area contributed by atoms with E-state index >= 15 is 0 Å². The lowest BCUT2D eigenvalue weighted by Crippen LogP contribution is -2.15. The Morgan fingerprint density at radius 2 is 1.85 bits per heavy atom. The molecule has 0 unspecified atom stereocenters. The van der Waals surface area contributed by atoms with Crippen LogP contribution in [0, 0.1) is 0 Å². The molecule has 0 heterocycles. The van der Waals surface area contributed by atoms with E-state index in [-0.39, 0.29) is 0 Å². The average Bonchev–Trinajstić information content (AvgIpc) is 3.29. The maximum Gasteiger partial charge on any atom is 0.0545 e. The third kappa shape index (κ3) is 4.02. The molecule has 0 aliphatic heterocycles. The van der Waals surface area contributed by atoms with Crippen LogP contribution in [0.25, 0.3) is 0 Å². The van der Waals surface area contributed by atoms with Crippen LogP contribution in [0.3, 0.4) is 0 Å². The summed E-state index contributed by atoms with van der Waals surface area (Å²) in [5.41, 5.74) is 2.60. The number of nitrogens with one attached hydrogen (secondary N) is 1. The predicted octanol–water partition coefficient (Wildman–Crippen LogP) is 4.88. The molecular formula is C17H18ClNS. The fourth-order valence-electron chi connectivity index (χ4n) is 2.06. The quantitative estimate of drug-likeness (QED) is 0.763. The smallest absolute Gasteiger partial charge is 0.0545 e. The number of rotatable bonds is 6. The number of benzene rings is 2. The van der Waals surface area contributed by atoms with Gasteiger partial charge in [-0.15, -0.1) is 11.8 Å². The molecule has 0 saturated heterocycles. The fraction of sp³-hybridized carbons (Fsp3) is 0.294. The van der Waals surface area contributed by atoms with Crippen LogP contribution in [0.15, 0.2) is 53.4 Å². The largest absolute Gasteiger partial charge is 0.310 e. The molecule has 3 rings (SSSR count). The number of thioether (sulfide) groups is 1. The summed E-state index contributed by atoms with van der Waals surface area (Å²) in [6.45, 7) is 0.925. The second-order valence-electron chi connectivity index (χ2n) is 5.19. The summed E-state index contributed by atoms with van der Waals surface area (Å²) in [5, 5.41) is 4.37. The number of hydrogen-bond donors (Lipinski definition) is 1. The molecule has 0 spiro atoms. The zero-order valence-electron chi connectivity index (χ0n) is 11.3. The van der Waals surface area contributed by atoms with Crippen molar-refractivity contribution in [3.63, 3.8) is 0 Å². The Bertz CT molecular complexity index is 566. The number of hydrogen-bond acceptors (Lipinski definition) is 2. The van der Waals surface area contributed by atoms with Crippen molar-refractivity contribution < 1.29 is 0 Å².